The van der Waals surface area contributed by atoms with Crippen molar-refractivity contribution in [3.63, 3.8) is 0 Å². The van der Waals surface area contributed by atoms with Gasteiger partial charge in [0.2, 0.25) is 10.0 Å². The molecule has 90 valence electrons. The normalized spacial score (nSPS) is 26.1. The third-order valence-corrected chi connectivity index (χ3v) is 4.14. The van der Waals surface area contributed by atoms with E-state index in [1.165, 1.54) is 12.3 Å². The third kappa shape index (κ3) is 2.27. The van der Waals surface area contributed by atoms with Crippen LogP contribution in [0.5, 0.6) is 0 Å². The summed E-state index contributed by atoms with van der Waals surface area (Å²) in [7, 11) is -1.87. The van der Waals surface area contributed by atoms with Crippen LogP contribution in [0.25, 0.3) is 0 Å². The number of rotatable bonds is 4. The Morgan fingerprint density at radius 1 is 1.50 bits per heavy atom. The van der Waals surface area contributed by atoms with Gasteiger partial charge in [-0.2, -0.15) is 0 Å². The van der Waals surface area contributed by atoms with Gasteiger partial charge in [-0.3, -0.25) is 0 Å². The zero-order valence-corrected chi connectivity index (χ0v) is 9.75. The van der Waals surface area contributed by atoms with Crippen LogP contribution in [0.15, 0.2) is 23.4 Å². The minimum Gasteiger partial charge on any atom is -0.378 e. The summed E-state index contributed by atoms with van der Waals surface area (Å²) in [5.74, 6) is 0. The summed E-state index contributed by atoms with van der Waals surface area (Å²) in [6.45, 7) is 1.25. The van der Waals surface area contributed by atoms with Gasteiger partial charge in [-0.1, -0.05) is 0 Å². The zero-order chi connectivity index (χ0) is 11.6. The van der Waals surface area contributed by atoms with Crippen molar-refractivity contribution < 1.29 is 13.2 Å². The van der Waals surface area contributed by atoms with Crippen molar-refractivity contribution in [1.82, 2.24) is 15.0 Å². The summed E-state index contributed by atoms with van der Waals surface area (Å²) in [5, 5.41) is 3.08. The standard InChI is InChI=1S/C9H15N3O3S/c1-15-9-6-11-5-8(9)12-16(13,14)7-2-3-10-4-7/h2-4,8-12H,5-6H2,1H3. The topological polar surface area (TPSA) is 83.2 Å². The molecule has 2 rings (SSSR count). The number of hydrogen-bond donors (Lipinski definition) is 3. The molecule has 2 unspecified atom stereocenters. The fraction of sp³-hybridized carbons (Fsp3) is 0.556. The van der Waals surface area contributed by atoms with E-state index < -0.39 is 10.0 Å². The molecule has 0 amide bonds. The molecule has 1 aliphatic heterocycles. The molecule has 0 spiro atoms. The Morgan fingerprint density at radius 2 is 2.31 bits per heavy atom. The van der Waals surface area contributed by atoms with Gasteiger partial charge in [0.15, 0.2) is 0 Å². The van der Waals surface area contributed by atoms with Gasteiger partial charge in [0.1, 0.15) is 0 Å². The van der Waals surface area contributed by atoms with Gasteiger partial charge in [-0.15, -0.1) is 0 Å². The highest BCUT2D eigenvalue weighted by atomic mass is 32.2. The van der Waals surface area contributed by atoms with Crippen LogP contribution in [0.4, 0.5) is 0 Å². The second kappa shape index (κ2) is 4.54. The predicted molar refractivity (Wildman–Crippen MR) is 58.6 cm³/mol. The van der Waals surface area contributed by atoms with Crippen LogP contribution in [-0.4, -0.2) is 45.7 Å². The number of ether oxygens (including phenoxy) is 1. The molecule has 7 heteroatoms. The predicted octanol–water partition coefficient (Wildman–Crippen LogP) is -0.720. The van der Waals surface area contributed by atoms with Crippen molar-refractivity contribution in [2.75, 3.05) is 20.2 Å². The average Bonchev–Trinajstić information content (AvgIpc) is 2.86. The molecule has 3 N–H and O–H groups in total. The van der Waals surface area contributed by atoms with Crippen LogP contribution in [-0.2, 0) is 14.8 Å². The highest BCUT2D eigenvalue weighted by Gasteiger charge is 2.31. The second-order valence-corrected chi connectivity index (χ2v) is 5.42. The summed E-state index contributed by atoms with van der Waals surface area (Å²) in [6.07, 6.45) is 2.91. The van der Waals surface area contributed by atoms with Crippen molar-refractivity contribution in [2.45, 2.75) is 17.0 Å². The summed E-state index contributed by atoms with van der Waals surface area (Å²) in [5.41, 5.74) is 0. The molecule has 1 aliphatic rings. The quantitative estimate of drug-likeness (QED) is 0.654. The molecule has 1 saturated heterocycles. The molecule has 1 aromatic rings. The Balaban J connectivity index is 2.10. The van der Waals surface area contributed by atoms with Crippen LogP contribution in [0.3, 0.4) is 0 Å². The summed E-state index contributed by atoms with van der Waals surface area (Å²) in [4.78, 5) is 2.96. The molecule has 0 radical (unpaired) electrons. The van der Waals surface area contributed by atoms with Crippen LogP contribution in [0.1, 0.15) is 0 Å². The lowest BCUT2D eigenvalue weighted by Gasteiger charge is -2.17. The number of aromatic nitrogens is 1. The highest BCUT2D eigenvalue weighted by molar-refractivity contribution is 7.89. The maximum atomic E-state index is 11.9. The molecule has 0 aliphatic carbocycles. The van der Waals surface area contributed by atoms with Gasteiger partial charge in [0.05, 0.1) is 17.0 Å². The van der Waals surface area contributed by atoms with Crippen LogP contribution < -0.4 is 10.0 Å². The minimum absolute atomic E-state index is 0.117. The molecule has 2 heterocycles. The molecular formula is C9H15N3O3S. The van der Waals surface area contributed by atoms with E-state index in [2.05, 4.69) is 15.0 Å². The molecule has 0 saturated carbocycles. The number of aromatic amines is 1. The van der Waals surface area contributed by atoms with Crippen molar-refractivity contribution in [2.24, 2.45) is 0 Å². The van der Waals surface area contributed by atoms with E-state index in [-0.39, 0.29) is 17.0 Å². The minimum atomic E-state index is -3.44. The molecule has 6 nitrogen and oxygen atoms in total. The van der Waals surface area contributed by atoms with E-state index in [9.17, 15) is 8.42 Å². The van der Waals surface area contributed by atoms with Crippen LogP contribution in [0, 0.1) is 0 Å². The first kappa shape index (κ1) is 11.6. The zero-order valence-electron chi connectivity index (χ0n) is 8.93. The fourth-order valence-electron chi connectivity index (χ4n) is 1.76. The van der Waals surface area contributed by atoms with Crippen molar-refractivity contribution in [1.29, 1.82) is 0 Å². The van der Waals surface area contributed by atoms with Gasteiger partial charge in [-0.25, -0.2) is 13.1 Å². The number of H-pyrrole nitrogens is 1. The number of methoxy groups -OCH3 is 1. The first-order valence-electron chi connectivity index (χ1n) is 5.02. The van der Waals surface area contributed by atoms with E-state index in [0.29, 0.717) is 13.1 Å². The van der Waals surface area contributed by atoms with Gasteiger partial charge in [0.25, 0.3) is 0 Å². The largest absolute Gasteiger partial charge is 0.378 e. The van der Waals surface area contributed by atoms with Gasteiger partial charge in [0, 0.05) is 32.6 Å². The Morgan fingerprint density at radius 3 is 2.94 bits per heavy atom. The SMILES string of the molecule is COC1CNCC1NS(=O)(=O)c1cc[nH]c1. The Hall–Kier alpha value is -0.890. The highest BCUT2D eigenvalue weighted by Crippen LogP contribution is 2.11. The van der Waals surface area contributed by atoms with Gasteiger partial charge < -0.3 is 15.0 Å². The average molecular weight is 245 g/mol. The van der Waals surface area contributed by atoms with Crippen molar-refractivity contribution in [3.05, 3.63) is 18.5 Å². The fourth-order valence-corrected chi connectivity index (χ4v) is 3.00. The lowest BCUT2D eigenvalue weighted by molar-refractivity contribution is 0.103. The summed E-state index contributed by atoms with van der Waals surface area (Å²) >= 11 is 0. The Labute approximate surface area is 94.4 Å². The second-order valence-electron chi connectivity index (χ2n) is 3.71. The molecule has 1 aromatic heterocycles. The number of nitrogens with one attached hydrogen (secondary N) is 3. The molecule has 1 fully saturated rings. The van der Waals surface area contributed by atoms with Crippen LogP contribution in [0.2, 0.25) is 0 Å². The van der Waals surface area contributed by atoms with Gasteiger partial charge >= 0.3 is 0 Å². The summed E-state index contributed by atoms with van der Waals surface area (Å²) in [6, 6.07) is 1.30. The van der Waals surface area contributed by atoms with E-state index in [1.54, 1.807) is 13.3 Å². The Bertz CT molecular complexity index is 429. The van der Waals surface area contributed by atoms with Crippen molar-refractivity contribution >= 4 is 10.0 Å². The summed E-state index contributed by atoms with van der Waals surface area (Å²) < 4.78 is 31.6. The molecule has 16 heavy (non-hydrogen) atoms. The monoisotopic (exact) mass is 245 g/mol. The lowest BCUT2D eigenvalue weighted by Crippen LogP contribution is -2.43. The van der Waals surface area contributed by atoms with Crippen molar-refractivity contribution in [3.8, 4) is 0 Å². The molecule has 0 bridgehead atoms. The maximum Gasteiger partial charge on any atom is 0.242 e. The van der Waals surface area contributed by atoms with E-state index >= 15 is 0 Å². The first-order chi connectivity index (χ1) is 7.63. The molecule has 0 aromatic carbocycles. The lowest BCUT2D eigenvalue weighted by atomic mass is 10.2. The maximum absolute atomic E-state index is 11.9. The van der Waals surface area contributed by atoms with Crippen LogP contribution >= 0.6 is 0 Å². The van der Waals surface area contributed by atoms with E-state index in [0.717, 1.165) is 0 Å². The Kier molecular flexibility index (Phi) is 3.29. The number of sulfonamides is 1. The smallest absolute Gasteiger partial charge is 0.242 e. The number of hydrogen-bond acceptors (Lipinski definition) is 4. The third-order valence-electron chi connectivity index (χ3n) is 2.65. The first-order valence-corrected chi connectivity index (χ1v) is 6.50. The molecular weight excluding hydrogens is 230 g/mol. The van der Waals surface area contributed by atoms with Gasteiger partial charge in [-0.05, 0) is 6.07 Å². The molecule has 2 atom stereocenters. The van der Waals surface area contributed by atoms with E-state index in [1.807, 2.05) is 0 Å². The van der Waals surface area contributed by atoms with E-state index in [4.69, 9.17) is 4.74 Å².